The van der Waals surface area contributed by atoms with Gasteiger partial charge in [-0.3, -0.25) is 9.69 Å². The molecule has 3 rings (SSSR count). The van der Waals surface area contributed by atoms with Crippen LogP contribution in [0.3, 0.4) is 0 Å². The molecule has 0 saturated carbocycles. The van der Waals surface area contributed by atoms with E-state index in [0.29, 0.717) is 5.75 Å². The number of rotatable bonds is 6. The molecular weight excluding hydrogens is 360 g/mol. The Kier molecular flexibility index (Phi) is 6.34. The maximum Gasteiger partial charge on any atom is 0.221 e. The number of ether oxygens (including phenoxy) is 1. The summed E-state index contributed by atoms with van der Waals surface area (Å²) in [7, 11) is 1.62. The van der Waals surface area contributed by atoms with Crippen LogP contribution in [0.5, 0.6) is 5.75 Å². The van der Waals surface area contributed by atoms with Gasteiger partial charge in [0, 0.05) is 50.2 Å². The molecule has 6 nitrogen and oxygen atoms in total. The SMILES string of the molecule is CCc1cnc(N2CCN([C@@H](C)c3ccc(OC)c(NC(C)=O)c3)CC2)s1. The Morgan fingerprint density at radius 1 is 1.33 bits per heavy atom. The number of hydrogen-bond donors (Lipinski definition) is 1. The molecule has 146 valence electrons. The molecule has 7 heteroatoms. The average Bonchev–Trinajstić information content (AvgIpc) is 3.16. The number of aryl methyl sites for hydroxylation is 1. The van der Waals surface area contributed by atoms with E-state index in [4.69, 9.17) is 4.74 Å². The third kappa shape index (κ3) is 4.59. The summed E-state index contributed by atoms with van der Waals surface area (Å²) in [4.78, 5) is 22.2. The Balaban J connectivity index is 1.66. The van der Waals surface area contributed by atoms with Gasteiger partial charge in [-0.2, -0.15) is 0 Å². The van der Waals surface area contributed by atoms with Crippen molar-refractivity contribution in [3.05, 3.63) is 34.8 Å². The third-order valence-corrected chi connectivity index (χ3v) is 6.24. The first-order valence-electron chi connectivity index (χ1n) is 9.41. The molecule has 1 aromatic heterocycles. The van der Waals surface area contributed by atoms with E-state index in [2.05, 4.69) is 40.0 Å². The highest BCUT2D eigenvalue weighted by Crippen LogP contribution is 2.31. The summed E-state index contributed by atoms with van der Waals surface area (Å²) < 4.78 is 5.36. The minimum absolute atomic E-state index is 0.0957. The van der Waals surface area contributed by atoms with Gasteiger partial charge in [0.25, 0.3) is 0 Å². The molecule has 2 heterocycles. The molecule has 0 aliphatic carbocycles. The standard InChI is InChI=1S/C20H28N4O2S/c1-5-17-13-21-20(27-17)24-10-8-23(9-11-24)14(2)16-6-7-19(26-4)18(12-16)22-15(3)25/h6-7,12-14H,5,8-11H2,1-4H3,(H,22,25)/t14-/m0/s1. The summed E-state index contributed by atoms with van der Waals surface area (Å²) in [5.41, 5.74) is 1.90. The number of carbonyl (C=O) groups excluding carboxylic acids is 1. The number of hydrogen-bond acceptors (Lipinski definition) is 6. The molecule has 1 amide bonds. The first-order chi connectivity index (χ1) is 13.0. The second kappa shape index (κ2) is 8.71. The summed E-state index contributed by atoms with van der Waals surface area (Å²) in [5.74, 6) is 0.586. The number of benzene rings is 1. The van der Waals surface area contributed by atoms with Crippen LogP contribution in [0, 0.1) is 0 Å². The molecular formula is C20H28N4O2S. The van der Waals surface area contributed by atoms with Crippen LogP contribution in [-0.2, 0) is 11.2 Å². The van der Waals surface area contributed by atoms with Crippen LogP contribution >= 0.6 is 11.3 Å². The minimum atomic E-state index is -0.0957. The number of piperazine rings is 1. The van der Waals surface area contributed by atoms with Crippen LogP contribution in [0.2, 0.25) is 0 Å². The van der Waals surface area contributed by atoms with E-state index in [1.807, 2.05) is 18.3 Å². The van der Waals surface area contributed by atoms with Crippen molar-refractivity contribution in [3.8, 4) is 5.75 Å². The van der Waals surface area contributed by atoms with Crippen molar-refractivity contribution < 1.29 is 9.53 Å². The molecule has 1 aliphatic rings. The summed E-state index contributed by atoms with van der Waals surface area (Å²) in [6.07, 6.45) is 3.04. The van der Waals surface area contributed by atoms with E-state index in [1.54, 1.807) is 18.4 Å². The summed E-state index contributed by atoms with van der Waals surface area (Å²) >= 11 is 1.80. The predicted molar refractivity (Wildman–Crippen MR) is 111 cm³/mol. The molecule has 1 saturated heterocycles. The minimum Gasteiger partial charge on any atom is -0.495 e. The molecule has 0 unspecified atom stereocenters. The molecule has 0 radical (unpaired) electrons. The Bertz CT molecular complexity index is 784. The van der Waals surface area contributed by atoms with Crippen molar-refractivity contribution in [2.24, 2.45) is 0 Å². The lowest BCUT2D eigenvalue weighted by Crippen LogP contribution is -2.47. The molecule has 1 fully saturated rings. The zero-order valence-electron chi connectivity index (χ0n) is 16.5. The molecule has 1 aliphatic heterocycles. The monoisotopic (exact) mass is 388 g/mol. The average molecular weight is 389 g/mol. The molecule has 27 heavy (non-hydrogen) atoms. The fourth-order valence-electron chi connectivity index (χ4n) is 3.39. The van der Waals surface area contributed by atoms with Crippen molar-refractivity contribution in [1.29, 1.82) is 0 Å². The Morgan fingerprint density at radius 2 is 2.07 bits per heavy atom. The lowest BCUT2D eigenvalue weighted by Gasteiger charge is -2.38. The normalized spacial score (nSPS) is 16.2. The quantitative estimate of drug-likeness (QED) is 0.820. The molecule has 0 bridgehead atoms. The van der Waals surface area contributed by atoms with E-state index in [0.717, 1.165) is 43.4 Å². The topological polar surface area (TPSA) is 57.7 Å². The van der Waals surface area contributed by atoms with Gasteiger partial charge < -0.3 is 15.0 Å². The first kappa shape index (κ1) is 19.6. The highest BCUT2D eigenvalue weighted by molar-refractivity contribution is 7.15. The van der Waals surface area contributed by atoms with Crippen LogP contribution in [0.4, 0.5) is 10.8 Å². The highest BCUT2D eigenvalue weighted by atomic mass is 32.1. The number of nitrogens with zero attached hydrogens (tertiary/aromatic N) is 3. The lowest BCUT2D eigenvalue weighted by molar-refractivity contribution is -0.114. The van der Waals surface area contributed by atoms with Crippen LogP contribution in [0.1, 0.15) is 37.3 Å². The summed E-state index contributed by atoms with van der Waals surface area (Å²) in [6.45, 7) is 9.84. The van der Waals surface area contributed by atoms with Gasteiger partial charge in [0.05, 0.1) is 12.8 Å². The number of anilines is 2. The smallest absolute Gasteiger partial charge is 0.221 e. The van der Waals surface area contributed by atoms with Crippen LogP contribution in [-0.4, -0.2) is 49.1 Å². The zero-order chi connectivity index (χ0) is 19.4. The van der Waals surface area contributed by atoms with Gasteiger partial charge in [0.2, 0.25) is 5.91 Å². The number of methoxy groups -OCH3 is 1. The van der Waals surface area contributed by atoms with Crippen molar-refractivity contribution >= 4 is 28.1 Å². The maximum atomic E-state index is 11.5. The lowest BCUT2D eigenvalue weighted by atomic mass is 10.0. The highest BCUT2D eigenvalue weighted by Gasteiger charge is 2.24. The van der Waals surface area contributed by atoms with Crippen molar-refractivity contribution in [3.63, 3.8) is 0 Å². The molecule has 1 N–H and O–H groups in total. The number of nitrogens with one attached hydrogen (secondary N) is 1. The van der Waals surface area contributed by atoms with E-state index in [1.165, 1.54) is 17.4 Å². The van der Waals surface area contributed by atoms with Gasteiger partial charge in [-0.1, -0.05) is 13.0 Å². The van der Waals surface area contributed by atoms with Crippen LogP contribution in [0.25, 0.3) is 0 Å². The van der Waals surface area contributed by atoms with Gasteiger partial charge in [0.1, 0.15) is 5.75 Å². The third-order valence-electron chi connectivity index (χ3n) is 5.04. The predicted octanol–water partition coefficient (Wildman–Crippen LogP) is 3.56. The van der Waals surface area contributed by atoms with E-state index in [-0.39, 0.29) is 11.9 Å². The van der Waals surface area contributed by atoms with Crippen molar-refractivity contribution in [2.75, 3.05) is 43.5 Å². The first-order valence-corrected chi connectivity index (χ1v) is 10.2. The second-order valence-electron chi connectivity index (χ2n) is 6.80. The number of thiazole rings is 1. The number of amides is 1. The fourth-order valence-corrected chi connectivity index (χ4v) is 4.29. The zero-order valence-corrected chi connectivity index (χ0v) is 17.3. The second-order valence-corrected chi connectivity index (χ2v) is 7.90. The van der Waals surface area contributed by atoms with Crippen LogP contribution < -0.4 is 15.0 Å². The molecule has 1 aromatic carbocycles. The largest absolute Gasteiger partial charge is 0.495 e. The van der Waals surface area contributed by atoms with E-state index < -0.39 is 0 Å². The van der Waals surface area contributed by atoms with E-state index in [9.17, 15) is 4.79 Å². The number of aromatic nitrogens is 1. The van der Waals surface area contributed by atoms with Gasteiger partial charge in [-0.15, -0.1) is 11.3 Å². The molecule has 1 atom stereocenters. The van der Waals surface area contributed by atoms with Crippen LogP contribution in [0.15, 0.2) is 24.4 Å². The van der Waals surface area contributed by atoms with Gasteiger partial charge in [-0.25, -0.2) is 4.98 Å². The van der Waals surface area contributed by atoms with Gasteiger partial charge in [0.15, 0.2) is 5.13 Å². The Hall–Kier alpha value is -2.12. The summed E-state index contributed by atoms with van der Waals surface area (Å²) in [6, 6.07) is 6.30. The van der Waals surface area contributed by atoms with Gasteiger partial charge >= 0.3 is 0 Å². The Morgan fingerprint density at radius 3 is 2.67 bits per heavy atom. The fraction of sp³-hybridized carbons (Fsp3) is 0.500. The maximum absolute atomic E-state index is 11.5. The van der Waals surface area contributed by atoms with Gasteiger partial charge in [-0.05, 0) is 31.0 Å². The summed E-state index contributed by atoms with van der Waals surface area (Å²) in [5, 5.41) is 4.00. The number of carbonyl (C=O) groups is 1. The Labute approximate surface area is 165 Å². The molecule has 2 aromatic rings. The van der Waals surface area contributed by atoms with Crippen molar-refractivity contribution in [1.82, 2.24) is 9.88 Å². The van der Waals surface area contributed by atoms with E-state index >= 15 is 0 Å². The molecule has 0 spiro atoms. The van der Waals surface area contributed by atoms with Crippen molar-refractivity contribution in [2.45, 2.75) is 33.2 Å².